The molecule has 0 aliphatic rings. The predicted molar refractivity (Wildman–Crippen MR) is 67.3 cm³/mol. The van der Waals surface area contributed by atoms with Gasteiger partial charge in [0.1, 0.15) is 17.1 Å². The van der Waals surface area contributed by atoms with Crippen LogP contribution >= 0.6 is 0 Å². The number of hydrogen-bond acceptors (Lipinski definition) is 5. The first kappa shape index (κ1) is 14.5. The van der Waals surface area contributed by atoms with Gasteiger partial charge in [0.05, 0.1) is 20.3 Å². The molecule has 0 spiro atoms. The summed E-state index contributed by atoms with van der Waals surface area (Å²) in [7, 11) is 1.34. The van der Waals surface area contributed by atoms with E-state index in [9.17, 15) is 4.79 Å². The van der Waals surface area contributed by atoms with Crippen molar-refractivity contribution in [2.45, 2.75) is 13.5 Å². The molecule has 0 unspecified atom stereocenters. The smallest absolute Gasteiger partial charge is 0.341 e. The first-order valence-corrected chi connectivity index (χ1v) is 5.74. The number of rotatable bonds is 7. The van der Waals surface area contributed by atoms with Gasteiger partial charge in [0.25, 0.3) is 0 Å². The van der Waals surface area contributed by atoms with Gasteiger partial charge in [-0.05, 0) is 13.0 Å². The average molecular weight is 253 g/mol. The minimum atomic E-state index is -0.403. The standard InChI is InChI=1S/C13H19NO4/c1-4-5-14(6-7-15)9-11-8-12(10(2)18-11)13(16)17-3/h4,8,15H,1,5-7,9H2,2-3H3. The number of nitrogens with zero attached hydrogens (tertiary/aromatic N) is 1. The van der Waals surface area contributed by atoms with Gasteiger partial charge >= 0.3 is 5.97 Å². The highest BCUT2D eigenvalue weighted by atomic mass is 16.5. The number of hydrogen-bond donors (Lipinski definition) is 1. The van der Waals surface area contributed by atoms with E-state index < -0.39 is 5.97 Å². The summed E-state index contributed by atoms with van der Waals surface area (Å²) in [6.07, 6.45) is 1.76. The van der Waals surface area contributed by atoms with E-state index in [1.165, 1.54) is 7.11 Å². The molecule has 0 saturated carbocycles. The number of carbonyl (C=O) groups is 1. The van der Waals surface area contributed by atoms with Crippen LogP contribution in [0.4, 0.5) is 0 Å². The van der Waals surface area contributed by atoms with Gasteiger partial charge in [0.15, 0.2) is 0 Å². The van der Waals surface area contributed by atoms with E-state index in [0.29, 0.717) is 36.7 Å². The molecule has 1 aromatic rings. The van der Waals surface area contributed by atoms with E-state index in [4.69, 9.17) is 9.52 Å². The summed E-state index contributed by atoms with van der Waals surface area (Å²) in [4.78, 5) is 13.4. The molecule has 0 saturated heterocycles. The first-order valence-electron chi connectivity index (χ1n) is 5.74. The van der Waals surface area contributed by atoms with Gasteiger partial charge in [-0.15, -0.1) is 6.58 Å². The number of furan rings is 1. The molecule has 0 aromatic carbocycles. The van der Waals surface area contributed by atoms with Crippen LogP contribution in [0.15, 0.2) is 23.1 Å². The average Bonchev–Trinajstić information content (AvgIpc) is 2.70. The molecule has 1 rings (SSSR count). The van der Waals surface area contributed by atoms with E-state index in [1.54, 1.807) is 19.1 Å². The largest absolute Gasteiger partial charge is 0.465 e. The SMILES string of the molecule is C=CCN(CCO)Cc1cc(C(=O)OC)c(C)o1. The third kappa shape index (κ3) is 3.72. The second kappa shape index (κ2) is 6.98. The van der Waals surface area contributed by atoms with Gasteiger partial charge in [-0.25, -0.2) is 4.79 Å². The Bertz CT molecular complexity index is 411. The molecule has 5 heteroatoms. The molecule has 1 aromatic heterocycles. The summed E-state index contributed by atoms with van der Waals surface area (Å²) in [6, 6.07) is 1.68. The molecule has 0 fully saturated rings. The summed E-state index contributed by atoms with van der Waals surface area (Å²) in [5.74, 6) is 0.808. The summed E-state index contributed by atoms with van der Waals surface area (Å²) in [5, 5.41) is 8.95. The maximum absolute atomic E-state index is 11.4. The van der Waals surface area contributed by atoms with Crippen LogP contribution in [-0.2, 0) is 11.3 Å². The number of esters is 1. The lowest BCUT2D eigenvalue weighted by atomic mass is 10.2. The molecule has 0 amide bonds. The van der Waals surface area contributed by atoms with E-state index in [0.717, 1.165) is 0 Å². The Hall–Kier alpha value is -1.59. The minimum Gasteiger partial charge on any atom is -0.465 e. The highest BCUT2D eigenvalue weighted by molar-refractivity contribution is 5.90. The van der Waals surface area contributed by atoms with Crippen LogP contribution in [0.1, 0.15) is 21.9 Å². The lowest BCUT2D eigenvalue weighted by Gasteiger charge is -2.17. The van der Waals surface area contributed by atoms with Crippen molar-refractivity contribution < 1.29 is 19.1 Å². The highest BCUT2D eigenvalue weighted by Gasteiger charge is 2.16. The fourth-order valence-corrected chi connectivity index (χ4v) is 1.71. The molecule has 0 aliphatic carbocycles. The molecular weight excluding hydrogens is 234 g/mol. The van der Waals surface area contributed by atoms with Crippen molar-refractivity contribution >= 4 is 5.97 Å². The minimum absolute atomic E-state index is 0.0669. The van der Waals surface area contributed by atoms with Crippen LogP contribution in [0.3, 0.4) is 0 Å². The van der Waals surface area contributed by atoms with Crippen LogP contribution in [0, 0.1) is 6.92 Å². The van der Waals surface area contributed by atoms with Crippen molar-refractivity contribution in [2.24, 2.45) is 0 Å². The number of methoxy groups -OCH3 is 1. The van der Waals surface area contributed by atoms with E-state index in [1.807, 2.05) is 4.90 Å². The van der Waals surface area contributed by atoms with Gasteiger partial charge in [-0.2, -0.15) is 0 Å². The highest BCUT2D eigenvalue weighted by Crippen LogP contribution is 2.17. The molecule has 100 valence electrons. The molecule has 0 atom stereocenters. The van der Waals surface area contributed by atoms with Crippen molar-refractivity contribution in [3.05, 3.63) is 35.8 Å². The Kier molecular flexibility index (Phi) is 5.61. The zero-order valence-corrected chi connectivity index (χ0v) is 10.8. The summed E-state index contributed by atoms with van der Waals surface area (Å²) in [6.45, 7) is 7.14. The molecule has 1 N–H and O–H groups in total. The number of aliphatic hydroxyl groups excluding tert-OH is 1. The van der Waals surface area contributed by atoms with Gasteiger partial charge in [-0.3, -0.25) is 4.90 Å². The molecule has 1 heterocycles. The summed E-state index contributed by atoms with van der Waals surface area (Å²) < 4.78 is 10.2. The third-order valence-corrected chi connectivity index (χ3v) is 2.56. The van der Waals surface area contributed by atoms with Crippen LogP contribution in [-0.4, -0.2) is 42.8 Å². The van der Waals surface area contributed by atoms with E-state index >= 15 is 0 Å². The lowest BCUT2D eigenvalue weighted by molar-refractivity contribution is 0.0599. The van der Waals surface area contributed by atoms with Gasteiger partial charge in [-0.1, -0.05) is 6.08 Å². The van der Waals surface area contributed by atoms with Crippen molar-refractivity contribution in [1.29, 1.82) is 0 Å². The molecule has 0 aliphatic heterocycles. The van der Waals surface area contributed by atoms with Crippen molar-refractivity contribution in [1.82, 2.24) is 4.90 Å². The monoisotopic (exact) mass is 253 g/mol. The normalized spacial score (nSPS) is 10.7. The quantitative estimate of drug-likeness (QED) is 0.587. The predicted octanol–water partition coefficient (Wildman–Crippen LogP) is 1.35. The fourth-order valence-electron chi connectivity index (χ4n) is 1.71. The van der Waals surface area contributed by atoms with Crippen LogP contribution in [0.5, 0.6) is 0 Å². The Balaban J connectivity index is 2.77. The van der Waals surface area contributed by atoms with Crippen LogP contribution < -0.4 is 0 Å². The zero-order valence-electron chi connectivity index (χ0n) is 10.8. The summed E-state index contributed by atoms with van der Waals surface area (Å²) >= 11 is 0. The van der Waals surface area contributed by atoms with Crippen LogP contribution in [0.25, 0.3) is 0 Å². The van der Waals surface area contributed by atoms with Crippen molar-refractivity contribution in [2.75, 3.05) is 26.8 Å². The number of ether oxygens (including phenoxy) is 1. The second-order valence-electron chi connectivity index (χ2n) is 3.92. The second-order valence-corrected chi connectivity index (χ2v) is 3.92. The molecular formula is C13H19NO4. The first-order chi connectivity index (χ1) is 8.62. The Morgan fingerprint density at radius 3 is 2.94 bits per heavy atom. The number of carbonyl (C=O) groups excluding carboxylic acids is 1. The number of aliphatic hydroxyl groups is 1. The van der Waals surface area contributed by atoms with Gasteiger partial charge in [0.2, 0.25) is 0 Å². The zero-order chi connectivity index (χ0) is 13.5. The molecule has 18 heavy (non-hydrogen) atoms. The molecule has 5 nitrogen and oxygen atoms in total. The Morgan fingerprint density at radius 2 is 2.39 bits per heavy atom. The van der Waals surface area contributed by atoms with Gasteiger partial charge in [0, 0.05) is 13.1 Å². The van der Waals surface area contributed by atoms with Crippen LogP contribution in [0.2, 0.25) is 0 Å². The maximum atomic E-state index is 11.4. The van der Waals surface area contributed by atoms with Gasteiger partial charge < -0.3 is 14.3 Å². The number of aryl methyl sites for hydroxylation is 1. The molecule has 0 radical (unpaired) electrons. The van der Waals surface area contributed by atoms with Crippen molar-refractivity contribution in [3.63, 3.8) is 0 Å². The van der Waals surface area contributed by atoms with Crippen molar-refractivity contribution in [3.8, 4) is 0 Å². The van der Waals surface area contributed by atoms with E-state index in [2.05, 4.69) is 11.3 Å². The Morgan fingerprint density at radius 1 is 1.67 bits per heavy atom. The lowest BCUT2D eigenvalue weighted by Crippen LogP contribution is -2.26. The Labute approximate surface area is 107 Å². The maximum Gasteiger partial charge on any atom is 0.341 e. The van der Waals surface area contributed by atoms with E-state index in [-0.39, 0.29) is 6.61 Å². The fraction of sp³-hybridized carbons (Fsp3) is 0.462. The summed E-state index contributed by atoms with van der Waals surface area (Å²) in [5.41, 5.74) is 0.440. The third-order valence-electron chi connectivity index (χ3n) is 2.56. The molecule has 0 bridgehead atoms. The topological polar surface area (TPSA) is 62.9 Å².